The molecule has 1 rings (SSSR count). The van der Waals surface area contributed by atoms with E-state index in [0.717, 1.165) is 0 Å². The van der Waals surface area contributed by atoms with Gasteiger partial charge in [-0.1, -0.05) is 26.0 Å². The van der Waals surface area contributed by atoms with Crippen molar-refractivity contribution in [3.63, 3.8) is 0 Å². The van der Waals surface area contributed by atoms with E-state index in [1.54, 1.807) is 0 Å². The number of benzene rings is 1. The Morgan fingerprint density at radius 3 is 2.08 bits per heavy atom. The summed E-state index contributed by atoms with van der Waals surface area (Å²) in [6, 6.07) is 8.57. The largest absolute Gasteiger partial charge is 0.324 e. The summed E-state index contributed by atoms with van der Waals surface area (Å²) in [6.45, 7) is 4.28. The molecule has 0 amide bonds. The van der Waals surface area contributed by atoms with E-state index in [2.05, 4.69) is 60.7 Å². The minimum Gasteiger partial charge on any atom is -0.324 e. The molecule has 0 heterocycles. The van der Waals surface area contributed by atoms with Gasteiger partial charge in [-0.3, -0.25) is 0 Å². The third kappa shape index (κ3) is 2.45. The maximum absolute atomic E-state index is 5.99. The molecule has 1 nitrogen and oxygen atoms in total. The average Bonchev–Trinajstić information content (AvgIpc) is 2.04. The number of hydrogen-bond donors (Lipinski definition) is 1. The molecule has 0 spiro atoms. The molecular weight excluding hydrogens is 261 g/mol. The van der Waals surface area contributed by atoms with Crippen molar-refractivity contribution in [1.82, 2.24) is 0 Å². The van der Waals surface area contributed by atoms with Crippen molar-refractivity contribution < 1.29 is 0 Å². The van der Waals surface area contributed by atoms with Gasteiger partial charge in [0.2, 0.25) is 0 Å². The average molecular weight is 275 g/mol. The molecule has 1 aromatic rings. The van der Waals surface area contributed by atoms with Gasteiger partial charge in [0.1, 0.15) is 0 Å². The maximum Gasteiger partial charge on any atom is 0.0318 e. The molecule has 0 saturated heterocycles. The minimum absolute atomic E-state index is 0.169. The van der Waals surface area contributed by atoms with E-state index < -0.39 is 0 Å². The second-order valence-corrected chi connectivity index (χ2v) is 4.57. The van der Waals surface area contributed by atoms with Gasteiger partial charge in [-0.15, -0.1) is 0 Å². The van der Waals surface area contributed by atoms with Gasteiger partial charge < -0.3 is 5.73 Å². The predicted octanol–water partition coefficient (Wildman–Crippen LogP) is 2.95. The Morgan fingerprint density at radius 1 is 1.17 bits per heavy atom. The second kappa shape index (κ2) is 4.23. The number of nitrogens with two attached hydrogens (primary N) is 1. The Hall–Kier alpha value is -0.0900. The Labute approximate surface area is 87.5 Å². The first-order valence-corrected chi connectivity index (χ1v) is 5.20. The molecule has 0 aromatic heterocycles. The molecule has 0 aliphatic rings. The minimum atomic E-state index is 0.169. The molecule has 0 radical (unpaired) electrons. The predicted molar refractivity (Wildman–Crippen MR) is 60.9 cm³/mol. The SMILES string of the molecule is CC(C)C(N)c1ccc(I)cc1. The topological polar surface area (TPSA) is 26.0 Å². The van der Waals surface area contributed by atoms with Crippen LogP contribution in [0.1, 0.15) is 25.5 Å². The van der Waals surface area contributed by atoms with Gasteiger partial charge in [-0.05, 0) is 46.2 Å². The van der Waals surface area contributed by atoms with E-state index >= 15 is 0 Å². The molecular formula is C10H14IN. The highest BCUT2D eigenvalue weighted by Crippen LogP contribution is 2.19. The molecule has 2 heteroatoms. The molecule has 0 aliphatic heterocycles. The lowest BCUT2D eigenvalue weighted by Gasteiger charge is -2.15. The van der Waals surface area contributed by atoms with Crippen LogP contribution in [-0.4, -0.2) is 0 Å². The summed E-state index contributed by atoms with van der Waals surface area (Å²) in [5.74, 6) is 0.505. The van der Waals surface area contributed by atoms with Crippen molar-refractivity contribution in [2.24, 2.45) is 11.7 Å². The quantitative estimate of drug-likeness (QED) is 0.825. The Balaban J connectivity index is 2.82. The van der Waals surface area contributed by atoms with Crippen LogP contribution in [-0.2, 0) is 0 Å². The van der Waals surface area contributed by atoms with Crippen molar-refractivity contribution >= 4 is 22.6 Å². The van der Waals surface area contributed by atoms with Crippen molar-refractivity contribution in [2.45, 2.75) is 19.9 Å². The van der Waals surface area contributed by atoms with Gasteiger partial charge in [0.15, 0.2) is 0 Å². The highest BCUT2D eigenvalue weighted by Gasteiger charge is 2.08. The molecule has 66 valence electrons. The summed E-state index contributed by atoms with van der Waals surface area (Å²) in [5.41, 5.74) is 7.21. The van der Waals surface area contributed by atoms with E-state index in [-0.39, 0.29) is 6.04 Å². The first-order valence-electron chi connectivity index (χ1n) is 4.12. The normalized spacial score (nSPS) is 13.4. The molecule has 0 bridgehead atoms. The Kier molecular flexibility index (Phi) is 3.53. The van der Waals surface area contributed by atoms with Crippen LogP contribution in [0, 0.1) is 9.49 Å². The van der Waals surface area contributed by atoms with Gasteiger partial charge in [0, 0.05) is 9.61 Å². The monoisotopic (exact) mass is 275 g/mol. The van der Waals surface area contributed by atoms with Crippen molar-refractivity contribution in [1.29, 1.82) is 0 Å². The Morgan fingerprint density at radius 2 is 1.67 bits per heavy atom. The van der Waals surface area contributed by atoms with Gasteiger partial charge in [-0.25, -0.2) is 0 Å². The number of rotatable bonds is 2. The second-order valence-electron chi connectivity index (χ2n) is 3.32. The summed E-state index contributed by atoms with van der Waals surface area (Å²) < 4.78 is 1.26. The van der Waals surface area contributed by atoms with Crippen molar-refractivity contribution in [3.05, 3.63) is 33.4 Å². The van der Waals surface area contributed by atoms with Crippen LogP contribution in [0.4, 0.5) is 0 Å². The molecule has 1 atom stereocenters. The highest BCUT2D eigenvalue weighted by molar-refractivity contribution is 14.1. The fourth-order valence-corrected chi connectivity index (χ4v) is 1.43. The molecule has 0 aliphatic carbocycles. The van der Waals surface area contributed by atoms with Crippen LogP contribution in [0.3, 0.4) is 0 Å². The maximum atomic E-state index is 5.99. The van der Waals surface area contributed by atoms with E-state index in [0.29, 0.717) is 5.92 Å². The number of halogens is 1. The Bertz CT molecular complexity index is 241. The summed E-state index contributed by atoms with van der Waals surface area (Å²) in [5, 5.41) is 0. The van der Waals surface area contributed by atoms with Crippen LogP contribution in [0.2, 0.25) is 0 Å². The summed E-state index contributed by atoms with van der Waals surface area (Å²) in [4.78, 5) is 0. The molecule has 0 saturated carbocycles. The lowest BCUT2D eigenvalue weighted by molar-refractivity contribution is 0.514. The molecule has 2 N–H and O–H groups in total. The fraction of sp³-hybridized carbons (Fsp3) is 0.400. The van der Waals surface area contributed by atoms with Crippen LogP contribution >= 0.6 is 22.6 Å². The van der Waals surface area contributed by atoms with Crippen LogP contribution in [0.25, 0.3) is 0 Å². The lowest BCUT2D eigenvalue weighted by atomic mass is 9.97. The zero-order chi connectivity index (χ0) is 9.14. The van der Waals surface area contributed by atoms with Gasteiger partial charge in [0.25, 0.3) is 0 Å². The fourth-order valence-electron chi connectivity index (χ4n) is 1.07. The molecule has 12 heavy (non-hydrogen) atoms. The van der Waals surface area contributed by atoms with Crippen LogP contribution in [0.5, 0.6) is 0 Å². The standard InChI is InChI=1S/C10H14IN/c1-7(2)10(12)8-3-5-9(11)6-4-8/h3-7,10H,12H2,1-2H3. The first-order chi connectivity index (χ1) is 5.61. The van der Waals surface area contributed by atoms with Gasteiger partial charge >= 0.3 is 0 Å². The zero-order valence-corrected chi connectivity index (χ0v) is 9.58. The summed E-state index contributed by atoms with van der Waals surface area (Å²) >= 11 is 2.30. The van der Waals surface area contributed by atoms with Gasteiger partial charge in [0.05, 0.1) is 0 Å². The zero-order valence-electron chi connectivity index (χ0n) is 7.42. The van der Waals surface area contributed by atoms with E-state index in [4.69, 9.17) is 5.73 Å². The van der Waals surface area contributed by atoms with E-state index in [1.165, 1.54) is 9.13 Å². The van der Waals surface area contributed by atoms with Gasteiger partial charge in [-0.2, -0.15) is 0 Å². The van der Waals surface area contributed by atoms with Crippen LogP contribution in [0.15, 0.2) is 24.3 Å². The van der Waals surface area contributed by atoms with E-state index in [9.17, 15) is 0 Å². The third-order valence-electron chi connectivity index (χ3n) is 1.97. The highest BCUT2D eigenvalue weighted by atomic mass is 127. The summed E-state index contributed by atoms with van der Waals surface area (Å²) in [6.07, 6.45) is 0. The first kappa shape index (κ1) is 9.99. The molecule has 0 fully saturated rings. The third-order valence-corrected chi connectivity index (χ3v) is 2.69. The van der Waals surface area contributed by atoms with Crippen LogP contribution < -0.4 is 5.73 Å². The smallest absolute Gasteiger partial charge is 0.0318 e. The number of hydrogen-bond acceptors (Lipinski definition) is 1. The summed E-state index contributed by atoms with van der Waals surface area (Å²) in [7, 11) is 0. The molecule has 1 aromatic carbocycles. The van der Waals surface area contributed by atoms with Crippen molar-refractivity contribution in [2.75, 3.05) is 0 Å². The lowest BCUT2D eigenvalue weighted by Crippen LogP contribution is -2.16. The molecule has 1 unspecified atom stereocenters. The van der Waals surface area contributed by atoms with E-state index in [1.807, 2.05) is 0 Å². The van der Waals surface area contributed by atoms with Crippen molar-refractivity contribution in [3.8, 4) is 0 Å².